The van der Waals surface area contributed by atoms with Crippen LogP contribution >= 0.6 is 11.3 Å². The third-order valence-electron chi connectivity index (χ3n) is 2.07. The number of fused-ring (bicyclic) bond motifs is 1. The van der Waals surface area contributed by atoms with Crippen LogP contribution in [0.1, 0.15) is 17.3 Å². The highest BCUT2D eigenvalue weighted by molar-refractivity contribution is 7.17. The zero-order valence-corrected chi connectivity index (χ0v) is 9.26. The Balaban J connectivity index is 2.68. The molecule has 0 aliphatic rings. The fourth-order valence-electron chi connectivity index (χ4n) is 1.39. The van der Waals surface area contributed by atoms with E-state index in [1.54, 1.807) is 18.4 Å². The second-order valence-corrected chi connectivity index (χ2v) is 3.98. The Kier molecular flexibility index (Phi) is 2.66. The monoisotopic (exact) mass is 239 g/mol. The van der Waals surface area contributed by atoms with Crippen LogP contribution in [0, 0.1) is 0 Å². The number of H-pyrrole nitrogens is 1. The van der Waals surface area contributed by atoms with E-state index in [0.29, 0.717) is 10.2 Å². The van der Waals surface area contributed by atoms with Gasteiger partial charge in [-0.2, -0.15) is 0 Å². The molecule has 84 valence electrons. The molecule has 0 spiro atoms. The number of nitrogens with one attached hydrogen (secondary N) is 1. The standard InChI is InChI=1S/C10H9NO4S/c1-2-15-10(14)6-7(12)8-5(3-4-16-8)11-9(6)13/h3-4H,2H2,1H3,(H2,11,12,13). The first-order valence-corrected chi connectivity index (χ1v) is 5.52. The summed E-state index contributed by atoms with van der Waals surface area (Å²) in [5.41, 5.74) is -0.459. The molecule has 2 aromatic rings. The first kappa shape index (κ1) is 10.7. The van der Waals surface area contributed by atoms with Crippen molar-refractivity contribution in [3.63, 3.8) is 0 Å². The van der Waals surface area contributed by atoms with Crippen LogP contribution in [0.4, 0.5) is 0 Å². The number of ether oxygens (including phenoxy) is 1. The predicted octanol–water partition coefficient (Wildman–Crippen LogP) is 1.47. The molecule has 0 bridgehead atoms. The van der Waals surface area contributed by atoms with E-state index in [9.17, 15) is 14.7 Å². The number of hydrogen-bond acceptors (Lipinski definition) is 5. The van der Waals surface area contributed by atoms with Crippen molar-refractivity contribution < 1.29 is 14.6 Å². The molecule has 0 radical (unpaired) electrons. The number of hydrogen-bond donors (Lipinski definition) is 2. The summed E-state index contributed by atoms with van der Waals surface area (Å²) in [6.07, 6.45) is 0. The maximum absolute atomic E-state index is 11.6. The molecule has 0 amide bonds. The molecule has 0 fully saturated rings. The number of carbonyl (C=O) groups excluding carboxylic acids is 1. The molecule has 0 saturated carbocycles. The molecular formula is C10H9NO4S. The van der Waals surface area contributed by atoms with Crippen molar-refractivity contribution in [2.24, 2.45) is 0 Å². The summed E-state index contributed by atoms with van der Waals surface area (Å²) in [6.45, 7) is 1.78. The van der Waals surface area contributed by atoms with Crippen molar-refractivity contribution in [3.05, 3.63) is 27.4 Å². The van der Waals surface area contributed by atoms with Crippen LogP contribution in [0.3, 0.4) is 0 Å². The van der Waals surface area contributed by atoms with Gasteiger partial charge in [0.15, 0.2) is 11.3 Å². The second-order valence-electron chi connectivity index (χ2n) is 3.06. The van der Waals surface area contributed by atoms with Crippen LogP contribution in [-0.2, 0) is 4.74 Å². The molecule has 6 heteroatoms. The summed E-state index contributed by atoms with van der Waals surface area (Å²) in [4.78, 5) is 25.5. The van der Waals surface area contributed by atoms with Crippen LogP contribution in [0.2, 0.25) is 0 Å². The Morgan fingerprint density at radius 3 is 3.06 bits per heavy atom. The molecule has 0 aromatic carbocycles. The third-order valence-corrected chi connectivity index (χ3v) is 2.99. The van der Waals surface area contributed by atoms with Crippen molar-refractivity contribution in [3.8, 4) is 5.75 Å². The topological polar surface area (TPSA) is 79.4 Å². The molecule has 5 nitrogen and oxygen atoms in total. The van der Waals surface area contributed by atoms with E-state index in [1.165, 1.54) is 11.3 Å². The lowest BCUT2D eigenvalue weighted by Crippen LogP contribution is -2.19. The van der Waals surface area contributed by atoms with Crippen molar-refractivity contribution in [1.82, 2.24) is 4.98 Å². The molecular weight excluding hydrogens is 230 g/mol. The van der Waals surface area contributed by atoms with Crippen molar-refractivity contribution in [1.29, 1.82) is 0 Å². The fraction of sp³-hybridized carbons (Fsp3) is 0.200. The Bertz CT molecular complexity index is 598. The van der Waals surface area contributed by atoms with Gasteiger partial charge >= 0.3 is 5.97 Å². The molecule has 2 N–H and O–H groups in total. The predicted molar refractivity (Wildman–Crippen MR) is 60.1 cm³/mol. The van der Waals surface area contributed by atoms with E-state index in [4.69, 9.17) is 4.74 Å². The van der Waals surface area contributed by atoms with Gasteiger partial charge in [0.05, 0.1) is 16.8 Å². The zero-order chi connectivity index (χ0) is 11.7. The van der Waals surface area contributed by atoms with E-state index < -0.39 is 11.5 Å². The SMILES string of the molecule is CCOC(=O)c1c(O)c2sccc2[nH]c1=O. The van der Waals surface area contributed by atoms with E-state index in [-0.39, 0.29) is 17.9 Å². The van der Waals surface area contributed by atoms with E-state index in [1.807, 2.05) is 0 Å². The smallest absolute Gasteiger partial charge is 0.347 e. The average Bonchev–Trinajstić information content (AvgIpc) is 2.66. The highest BCUT2D eigenvalue weighted by Crippen LogP contribution is 2.29. The average molecular weight is 239 g/mol. The van der Waals surface area contributed by atoms with Crippen molar-refractivity contribution in [2.75, 3.05) is 6.61 Å². The van der Waals surface area contributed by atoms with Gasteiger partial charge in [0.2, 0.25) is 0 Å². The van der Waals surface area contributed by atoms with Gasteiger partial charge in [0.25, 0.3) is 5.56 Å². The quantitative estimate of drug-likeness (QED) is 0.778. The molecule has 0 atom stereocenters. The van der Waals surface area contributed by atoms with Crippen LogP contribution in [0.5, 0.6) is 5.75 Å². The Labute approximate surface area is 94.3 Å². The number of aromatic nitrogens is 1. The Morgan fingerprint density at radius 2 is 2.38 bits per heavy atom. The van der Waals surface area contributed by atoms with Crippen LogP contribution in [-0.4, -0.2) is 22.7 Å². The first-order valence-electron chi connectivity index (χ1n) is 4.64. The van der Waals surface area contributed by atoms with E-state index in [0.717, 1.165) is 0 Å². The first-order chi connectivity index (χ1) is 7.65. The summed E-state index contributed by atoms with van der Waals surface area (Å²) in [7, 11) is 0. The van der Waals surface area contributed by atoms with Gasteiger partial charge < -0.3 is 14.8 Å². The maximum Gasteiger partial charge on any atom is 0.347 e. The number of pyridine rings is 1. The van der Waals surface area contributed by atoms with Gasteiger partial charge in [-0.05, 0) is 18.4 Å². The van der Waals surface area contributed by atoms with Crippen LogP contribution < -0.4 is 5.56 Å². The van der Waals surface area contributed by atoms with Gasteiger partial charge in [0, 0.05) is 0 Å². The summed E-state index contributed by atoms with van der Waals surface area (Å²) in [5, 5.41) is 11.5. The number of thiophene rings is 1. The normalized spacial score (nSPS) is 10.6. The molecule has 2 aromatic heterocycles. The summed E-state index contributed by atoms with van der Waals surface area (Å²) >= 11 is 1.24. The maximum atomic E-state index is 11.6. The summed E-state index contributed by atoms with van der Waals surface area (Å²) in [5.74, 6) is -1.12. The largest absolute Gasteiger partial charge is 0.505 e. The molecule has 0 saturated heterocycles. The number of aromatic amines is 1. The number of carbonyl (C=O) groups is 1. The minimum Gasteiger partial charge on any atom is -0.505 e. The van der Waals surface area contributed by atoms with Crippen LogP contribution in [0.15, 0.2) is 16.2 Å². The van der Waals surface area contributed by atoms with E-state index >= 15 is 0 Å². The van der Waals surface area contributed by atoms with Gasteiger partial charge in [0.1, 0.15) is 0 Å². The van der Waals surface area contributed by atoms with Gasteiger partial charge in [-0.1, -0.05) is 0 Å². The van der Waals surface area contributed by atoms with E-state index in [2.05, 4.69) is 4.98 Å². The molecule has 16 heavy (non-hydrogen) atoms. The molecule has 0 aliphatic heterocycles. The minimum atomic E-state index is -0.809. The minimum absolute atomic E-state index is 0.153. The fourth-order valence-corrected chi connectivity index (χ4v) is 2.19. The van der Waals surface area contributed by atoms with Crippen molar-refractivity contribution in [2.45, 2.75) is 6.92 Å². The Morgan fingerprint density at radius 1 is 1.62 bits per heavy atom. The molecule has 2 heterocycles. The molecule has 2 rings (SSSR count). The van der Waals surface area contributed by atoms with Gasteiger partial charge in [-0.3, -0.25) is 4.79 Å². The number of aromatic hydroxyl groups is 1. The lowest BCUT2D eigenvalue weighted by Gasteiger charge is -2.03. The number of rotatable bonds is 2. The Hall–Kier alpha value is -1.82. The lowest BCUT2D eigenvalue weighted by molar-refractivity contribution is 0.0521. The van der Waals surface area contributed by atoms with Crippen molar-refractivity contribution >= 4 is 27.5 Å². The van der Waals surface area contributed by atoms with Gasteiger partial charge in [-0.15, -0.1) is 11.3 Å². The van der Waals surface area contributed by atoms with Crippen LogP contribution in [0.25, 0.3) is 10.2 Å². The summed E-state index contributed by atoms with van der Waals surface area (Å²) in [6, 6.07) is 1.66. The van der Waals surface area contributed by atoms with Gasteiger partial charge in [-0.25, -0.2) is 4.79 Å². The second kappa shape index (κ2) is 3.97. The summed E-state index contributed by atoms with van der Waals surface area (Å²) < 4.78 is 5.18. The third kappa shape index (κ3) is 1.57. The lowest BCUT2D eigenvalue weighted by atomic mass is 10.2. The zero-order valence-electron chi connectivity index (χ0n) is 8.44. The number of esters is 1. The molecule has 0 unspecified atom stereocenters. The highest BCUT2D eigenvalue weighted by atomic mass is 32.1. The molecule has 0 aliphatic carbocycles. The highest BCUT2D eigenvalue weighted by Gasteiger charge is 2.20.